The molecule has 0 spiro atoms. The van der Waals surface area contributed by atoms with Gasteiger partial charge >= 0.3 is 0 Å². The molecule has 0 saturated heterocycles. The van der Waals surface area contributed by atoms with E-state index in [1.807, 2.05) is 25.1 Å². The van der Waals surface area contributed by atoms with Gasteiger partial charge in [-0.1, -0.05) is 24.3 Å². The number of phenols is 1. The number of sulfonamides is 1. The van der Waals surface area contributed by atoms with Gasteiger partial charge in [-0.2, -0.15) is 0 Å². The minimum absolute atomic E-state index is 0.0749. The summed E-state index contributed by atoms with van der Waals surface area (Å²) in [5.74, 6) is 1.08. The van der Waals surface area contributed by atoms with E-state index in [4.69, 9.17) is 4.74 Å². The molecule has 2 aromatic heterocycles. The molecule has 0 saturated carbocycles. The van der Waals surface area contributed by atoms with Crippen LogP contribution in [0.25, 0.3) is 22.0 Å². The molecule has 0 unspecified atom stereocenters. The van der Waals surface area contributed by atoms with Crippen molar-refractivity contribution in [1.82, 2.24) is 15.0 Å². The molecule has 1 N–H and O–H groups in total. The lowest BCUT2D eigenvalue weighted by Crippen LogP contribution is -2.31. The van der Waals surface area contributed by atoms with Crippen molar-refractivity contribution in [1.29, 1.82) is 0 Å². The molecule has 3 aromatic carbocycles. The second kappa shape index (κ2) is 9.87. The standard InChI is InChI=1S/C28H24N4O4S/c1-19-3-6-22(33)16-26(19)28-25-10-9-24(15-21(25)11-14-30-28)37(34,35)32(27-12-13-29-18-31-27)17-20-4-7-23(36-2)8-5-20/h3-16,18,33H,17H2,1-2H3. The molecule has 0 bridgehead atoms. The maximum Gasteiger partial charge on any atom is 0.265 e. The van der Waals surface area contributed by atoms with E-state index in [1.54, 1.807) is 67.9 Å². The first-order valence-electron chi connectivity index (χ1n) is 11.5. The molecule has 0 amide bonds. The number of hydrogen-bond acceptors (Lipinski definition) is 7. The van der Waals surface area contributed by atoms with Crippen molar-refractivity contribution in [3.05, 3.63) is 103 Å². The van der Waals surface area contributed by atoms with Crippen LogP contribution in [0.4, 0.5) is 5.82 Å². The number of hydrogen-bond donors (Lipinski definition) is 1. The third-order valence-electron chi connectivity index (χ3n) is 6.11. The van der Waals surface area contributed by atoms with Gasteiger partial charge in [-0.15, -0.1) is 0 Å². The van der Waals surface area contributed by atoms with E-state index < -0.39 is 10.0 Å². The maximum atomic E-state index is 13.9. The molecule has 186 valence electrons. The SMILES string of the molecule is COc1ccc(CN(c2ccncn2)S(=O)(=O)c2ccc3c(-c4cc(O)ccc4C)nccc3c2)cc1. The van der Waals surface area contributed by atoms with E-state index in [2.05, 4.69) is 15.0 Å². The van der Waals surface area contributed by atoms with Gasteiger partial charge in [0.1, 0.15) is 23.6 Å². The first-order chi connectivity index (χ1) is 17.9. The Bertz CT molecular complexity index is 1670. The number of benzene rings is 3. The molecule has 5 aromatic rings. The smallest absolute Gasteiger partial charge is 0.265 e. The Labute approximate surface area is 214 Å². The van der Waals surface area contributed by atoms with Crippen molar-refractivity contribution in [2.75, 3.05) is 11.4 Å². The molecule has 8 nitrogen and oxygen atoms in total. The van der Waals surface area contributed by atoms with Crippen molar-refractivity contribution >= 4 is 26.6 Å². The molecule has 5 rings (SSSR count). The normalized spacial score (nSPS) is 11.4. The van der Waals surface area contributed by atoms with E-state index >= 15 is 0 Å². The van der Waals surface area contributed by atoms with E-state index in [1.165, 1.54) is 16.8 Å². The van der Waals surface area contributed by atoms with Gasteiger partial charge < -0.3 is 9.84 Å². The Morgan fingerprint density at radius 1 is 0.919 bits per heavy atom. The van der Waals surface area contributed by atoms with Crippen LogP contribution in [-0.2, 0) is 16.6 Å². The summed E-state index contributed by atoms with van der Waals surface area (Å²) >= 11 is 0. The number of pyridine rings is 1. The number of rotatable bonds is 7. The van der Waals surface area contributed by atoms with Crippen molar-refractivity contribution < 1.29 is 18.3 Å². The van der Waals surface area contributed by atoms with Crippen LogP contribution in [0.1, 0.15) is 11.1 Å². The first-order valence-corrected chi connectivity index (χ1v) is 12.9. The molecule has 0 radical (unpaired) electrons. The summed E-state index contributed by atoms with van der Waals surface area (Å²) in [4.78, 5) is 12.8. The van der Waals surface area contributed by atoms with E-state index in [0.717, 1.165) is 22.1 Å². The molecular weight excluding hydrogens is 488 g/mol. The van der Waals surface area contributed by atoms with Gasteiger partial charge in [0.05, 0.1) is 24.2 Å². The predicted molar refractivity (Wildman–Crippen MR) is 142 cm³/mol. The lowest BCUT2D eigenvalue weighted by molar-refractivity contribution is 0.414. The van der Waals surface area contributed by atoms with Crippen LogP contribution in [0.5, 0.6) is 11.5 Å². The van der Waals surface area contributed by atoms with E-state index in [-0.39, 0.29) is 23.0 Å². The van der Waals surface area contributed by atoms with Gasteiger partial charge in [0.25, 0.3) is 10.0 Å². The largest absolute Gasteiger partial charge is 0.508 e. The summed E-state index contributed by atoms with van der Waals surface area (Å²) in [5, 5.41) is 11.5. The summed E-state index contributed by atoms with van der Waals surface area (Å²) in [7, 11) is -2.42. The number of nitrogens with zero attached hydrogens (tertiary/aromatic N) is 4. The van der Waals surface area contributed by atoms with Crippen LogP contribution < -0.4 is 9.04 Å². The van der Waals surface area contributed by atoms with Gasteiger partial charge in [0.15, 0.2) is 0 Å². The highest BCUT2D eigenvalue weighted by Gasteiger charge is 2.27. The second-order valence-corrected chi connectivity index (χ2v) is 10.3. The van der Waals surface area contributed by atoms with Crippen LogP contribution in [0.2, 0.25) is 0 Å². The highest BCUT2D eigenvalue weighted by molar-refractivity contribution is 7.92. The highest BCUT2D eigenvalue weighted by atomic mass is 32.2. The minimum Gasteiger partial charge on any atom is -0.508 e. The van der Waals surface area contributed by atoms with Gasteiger partial charge in [-0.25, -0.2) is 22.7 Å². The summed E-state index contributed by atoms with van der Waals surface area (Å²) in [6, 6.07) is 20.6. The molecule has 0 aliphatic carbocycles. The highest BCUT2D eigenvalue weighted by Crippen LogP contribution is 2.33. The number of anilines is 1. The number of ether oxygens (including phenoxy) is 1. The Kier molecular flexibility index (Phi) is 6.45. The fourth-order valence-electron chi connectivity index (χ4n) is 4.14. The van der Waals surface area contributed by atoms with Crippen LogP contribution in [0.15, 0.2) is 96.4 Å². The average Bonchev–Trinajstić information content (AvgIpc) is 2.93. The van der Waals surface area contributed by atoms with Crippen molar-refractivity contribution in [3.8, 4) is 22.8 Å². The molecule has 0 aliphatic rings. The molecule has 37 heavy (non-hydrogen) atoms. The molecule has 0 atom stereocenters. The van der Waals surface area contributed by atoms with Crippen LogP contribution in [0.3, 0.4) is 0 Å². The number of aromatic nitrogens is 3. The predicted octanol–water partition coefficient (Wildman–Crippen LogP) is 5.11. The lowest BCUT2D eigenvalue weighted by atomic mass is 10.00. The Morgan fingerprint density at radius 2 is 1.73 bits per heavy atom. The summed E-state index contributed by atoms with van der Waals surface area (Å²) < 4.78 is 34.4. The summed E-state index contributed by atoms with van der Waals surface area (Å²) in [6.07, 6.45) is 4.47. The van der Waals surface area contributed by atoms with E-state index in [0.29, 0.717) is 16.8 Å². The average molecular weight is 513 g/mol. The molecule has 0 fully saturated rings. The third-order valence-corrected chi connectivity index (χ3v) is 7.85. The van der Waals surface area contributed by atoms with Gasteiger partial charge in [0, 0.05) is 29.4 Å². The zero-order chi connectivity index (χ0) is 26.0. The monoisotopic (exact) mass is 512 g/mol. The second-order valence-electron chi connectivity index (χ2n) is 8.47. The molecular formula is C28H24N4O4S. The van der Waals surface area contributed by atoms with Crippen LogP contribution in [0, 0.1) is 6.92 Å². The van der Waals surface area contributed by atoms with Gasteiger partial charge in [0.2, 0.25) is 0 Å². The van der Waals surface area contributed by atoms with E-state index in [9.17, 15) is 13.5 Å². The maximum absolute atomic E-state index is 13.9. The number of aryl methyl sites for hydroxylation is 1. The van der Waals surface area contributed by atoms with Crippen molar-refractivity contribution in [2.24, 2.45) is 0 Å². The molecule has 9 heteroatoms. The van der Waals surface area contributed by atoms with Gasteiger partial charge in [-0.3, -0.25) is 4.98 Å². The fourth-order valence-corrected chi connectivity index (χ4v) is 5.58. The zero-order valence-electron chi connectivity index (χ0n) is 20.2. The molecule has 0 aliphatic heterocycles. The summed E-state index contributed by atoms with van der Waals surface area (Å²) in [5.41, 5.74) is 3.17. The van der Waals surface area contributed by atoms with Crippen molar-refractivity contribution in [3.63, 3.8) is 0 Å². The number of aromatic hydroxyl groups is 1. The van der Waals surface area contributed by atoms with Gasteiger partial charge in [-0.05, 0) is 65.9 Å². The number of fused-ring (bicyclic) bond motifs is 1. The minimum atomic E-state index is -4.00. The third kappa shape index (κ3) is 4.81. The molecule has 2 heterocycles. The Morgan fingerprint density at radius 3 is 2.46 bits per heavy atom. The van der Waals surface area contributed by atoms with Crippen molar-refractivity contribution in [2.45, 2.75) is 18.4 Å². The lowest BCUT2D eigenvalue weighted by Gasteiger charge is -2.24. The number of phenolic OH excluding ortho intramolecular Hbond substituents is 1. The number of methoxy groups -OCH3 is 1. The Hall–Kier alpha value is -4.50. The van der Waals surface area contributed by atoms with Crippen LogP contribution in [-0.4, -0.2) is 35.6 Å². The summed E-state index contributed by atoms with van der Waals surface area (Å²) in [6.45, 7) is 2.01. The Balaban J connectivity index is 1.59. The quantitative estimate of drug-likeness (QED) is 0.323. The zero-order valence-corrected chi connectivity index (χ0v) is 21.1. The van der Waals surface area contributed by atoms with Crippen LogP contribution >= 0.6 is 0 Å². The first kappa shape index (κ1) is 24.2. The topological polar surface area (TPSA) is 106 Å². The fraction of sp³-hybridized carbons (Fsp3) is 0.107.